The van der Waals surface area contributed by atoms with Gasteiger partial charge in [-0.1, -0.05) is 48.5 Å². The summed E-state index contributed by atoms with van der Waals surface area (Å²) in [5, 5.41) is 10.7. The maximum Gasteiger partial charge on any atom is 0.178 e. The molecule has 1 unspecified atom stereocenters. The summed E-state index contributed by atoms with van der Waals surface area (Å²) in [5.41, 5.74) is 4.45. The Bertz CT molecular complexity index is 1070. The molecule has 0 aliphatic rings. The lowest BCUT2D eigenvalue weighted by Crippen LogP contribution is -2.10. The minimum absolute atomic E-state index is 0.355. The van der Waals surface area contributed by atoms with Crippen LogP contribution in [-0.2, 0) is 6.54 Å². The van der Waals surface area contributed by atoms with Gasteiger partial charge in [-0.05, 0) is 36.5 Å². The number of aliphatic hydroxyl groups is 1. The summed E-state index contributed by atoms with van der Waals surface area (Å²) < 4.78 is 2.51. The third-order valence-corrected chi connectivity index (χ3v) is 4.54. The van der Waals surface area contributed by atoms with Crippen molar-refractivity contribution in [1.29, 1.82) is 0 Å². The molecule has 0 spiro atoms. The van der Waals surface area contributed by atoms with Gasteiger partial charge in [0.1, 0.15) is 6.10 Å². The van der Waals surface area contributed by atoms with E-state index in [1.54, 1.807) is 0 Å². The zero-order chi connectivity index (χ0) is 17.2. The summed E-state index contributed by atoms with van der Waals surface area (Å²) >= 11 is 5.40. The topological polar surface area (TPSA) is 53.8 Å². The van der Waals surface area contributed by atoms with Crippen LogP contribution in [0.5, 0.6) is 0 Å². The van der Waals surface area contributed by atoms with Crippen molar-refractivity contribution in [1.82, 2.24) is 14.5 Å². The van der Waals surface area contributed by atoms with Gasteiger partial charge in [-0.3, -0.25) is 4.98 Å². The molecular formula is C20H17N3OS. The van der Waals surface area contributed by atoms with Crippen molar-refractivity contribution in [2.45, 2.75) is 12.6 Å². The van der Waals surface area contributed by atoms with Crippen LogP contribution in [0.4, 0.5) is 0 Å². The van der Waals surface area contributed by atoms with Crippen molar-refractivity contribution >= 4 is 23.3 Å². The number of fused-ring (bicyclic) bond motifs is 1. The molecule has 4 nitrogen and oxygen atoms in total. The van der Waals surface area contributed by atoms with E-state index < -0.39 is 6.10 Å². The number of aliphatic hydroxyl groups excluding tert-OH is 1. The summed E-state index contributed by atoms with van der Waals surface area (Å²) in [6.45, 7) is 0.355. The number of nitrogens with zero attached hydrogens (tertiary/aromatic N) is 2. The van der Waals surface area contributed by atoms with Crippen molar-refractivity contribution in [3.8, 4) is 11.3 Å². The van der Waals surface area contributed by atoms with Crippen LogP contribution >= 0.6 is 12.2 Å². The Kier molecular flexibility index (Phi) is 4.17. The Hall–Kier alpha value is -2.76. The molecule has 4 rings (SSSR count). The average Bonchev–Trinajstić information content (AvgIpc) is 2.98. The fourth-order valence-electron chi connectivity index (χ4n) is 2.96. The van der Waals surface area contributed by atoms with E-state index in [2.05, 4.69) is 9.97 Å². The minimum atomic E-state index is -0.741. The van der Waals surface area contributed by atoms with Crippen LogP contribution in [0.1, 0.15) is 11.8 Å². The first kappa shape index (κ1) is 15.7. The van der Waals surface area contributed by atoms with Gasteiger partial charge in [0.05, 0.1) is 29.0 Å². The lowest BCUT2D eigenvalue weighted by molar-refractivity contribution is 0.153. The molecule has 0 saturated heterocycles. The second-order valence-corrected chi connectivity index (χ2v) is 6.27. The number of hydrogen-bond donors (Lipinski definition) is 2. The van der Waals surface area contributed by atoms with Gasteiger partial charge in [-0.15, -0.1) is 0 Å². The third kappa shape index (κ3) is 3.12. The van der Waals surface area contributed by atoms with Gasteiger partial charge in [-0.2, -0.15) is 0 Å². The highest BCUT2D eigenvalue weighted by Gasteiger charge is 2.14. The molecule has 0 aliphatic carbocycles. The fraction of sp³-hybridized carbons (Fsp3) is 0.100. The Balaban J connectivity index is 1.66. The van der Waals surface area contributed by atoms with Crippen LogP contribution in [0.2, 0.25) is 0 Å². The summed E-state index contributed by atoms with van der Waals surface area (Å²) in [6.07, 6.45) is -0.741. The summed E-state index contributed by atoms with van der Waals surface area (Å²) in [5.74, 6) is 0. The van der Waals surface area contributed by atoms with Crippen LogP contribution in [0.3, 0.4) is 0 Å². The van der Waals surface area contributed by atoms with Gasteiger partial charge in [-0.25, -0.2) is 0 Å². The predicted octanol–water partition coefficient (Wildman–Crippen LogP) is 4.49. The normalized spacial score (nSPS) is 12.4. The van der Waals surface area contributed by atoms with Crippen molar-refractivity contribution in [2.75, 3.05) is 0 Å². The number of rotatable bonds is 4. The summed E-state index contributed by atoms with van der Waals surface area (Å²) in [6, 6.07) is 23.5. The SMILES string of the molecule is OC(Cn1c(=S)[nH]c2ccccc21)c1cccc(-c2ccccc2)n1. The standard InChI is InChI=1S/C20H17N3OS/c24-19(13-23-18-12-5-4-9-16(18)22-20(23)25)17-11-6-10-15(21-17)14-7-2-1-3-8-14/h1-12,19,24H,13H2,(H,22,25). The van der Waals surface area contributed by atoms with E-state index in [9.17, 15) is 5.11 Å². The molecule has 5 heteroatoms. The fourth-order valence-corrected chi connectivity index (χ4v) is 3.24. The van der Waals surface area contributed by atoms with Gasteiger partial charge < -0.3 is 14.7 Å². The molecule has 0 amide bonds. The Morgan fingerprint density at radius 1 is 0.960 bits per heavy atom. The molecule has 0 bridgehead atoms. The quantitative estimate of drug-likeness (QED) is 0.535. The first-order valence-electron chi connectivity index (χ1n) is 8.10. The molecule has 2 heterocycles. The molecule has 1 atom stereocenters. The molecule has 0 fully saturated rings. The molecular weight excluding hydrogens is 330 g/mol. The van der Waals surface area contributed by atoms with Crippen LogP contribution < -0.4 is 0 Å². The molecule has 25 heavy (non-hydrogen) atoms. The van der Waals surface area contributed by atoms with E-state index in [0.29, 0.717) is 17.0 Å². The maximum absolute atomic E-state index is 10.7. The highest BCUT2D eigenvalue weighted by atomic mass is 32.1. The highest BCUT2D eigenvalue weighted by Crippen LogP contribution is 2.22. The van der Waals surface area contributed by atoms with Gasteiger partial charge >= 0.3 is 0 Å². The predicted molar refractivity (Wildman–Crippen MR) is 102 cm³/mol. The lowest BCUT2D eigenvalue weighted by Gasteiger charge is -2.13. The van der Waals surface area contributed by atoms with E-state index in [0.717, 1.165) is 22.3 Å². The number of aromatic amines is 1. The van der Waals surface area contributed by atoms with Crippen LogP contribution in [-0.4, -0.2) is 19.6 Å². The molecule has 2 aromatic carbocycles. The van der Waals surface area contributed by atoms with Crippen LogP contribution in [0, 0.1) is 4.77 Å². The number of nitrogens with one attached hydrogen (secondary N) is 1. The van der Waals surface area contributed by atoms with E-state index >= 15 is 0 Å². The average molecular weight is 347 g/mol. The summed E-state index contributed by atoms with van der Waals surface area (Å²) in [7, 11) is 0. The van der Waals surface area contributed by atoms with E-state index in [-0.39, 0.29) is 0 Å². The van der Waals surface area contributed by atoms with Gasteiger partial charge in [0.25, 0.3) is 0 Å². The van der Waals surface area contributed by atoms with E-state index in [1.165, 1.54) is 0 Å². The molecule has 2 aromatic heterocycles. The van der Waals surface area contributed by atoms with Gasteiger partial charge in [0.15, 0.2) is 4.77 Å². The smallest absolute Gasteiger partial charge is 0.178 e. The monoisotopic (exact) mass is 347 g/mol. The van der Waals surface area contributed by atoms with Crippen molar-refractivity contribution in [3.05, 3.63) is 83.3 Å². The minimum Gasteiger partial charge on any atom is -0.385 e. The maximum atomic E-state index is 10.7. The zero-order valence-corrected chi connectivity index (χ0v) is 14.3. The number of H-pyrrole nitrogens is 1. The molecule has 0 aliphatic heterocycles. The molecule has 4 aromatic rings. The van der Waals surface area contributed by atoms with Crippen molar-refractivity contribution in [2.24, 2.45) is 0 Å². The van der Waals surface area contributed by atoms with E-state index in [4.69, 9.17) is 12.2 Å². The van der Waals surface area contributed by atoms with Crippen molar-refractivity contribution in [3.63, 3.8) is 0 Å². The zero-order valence-electron chi connectivity index (χ0n) is 13.5. The lowest BCUT2D eigenvalue weighted by atomic mass is 10.1. The van der Waals surface area contributed by atoms with Crippen molar-refractivity contribution < 1.29 is 5.11 Å². The second kappa shape index (κ2) is 6.63. The number of para-hydroxylation sites is 2. The van der Waals surface area contributed by atoms with E-state index in [1.807, 2.05) is 77.4 Å². The number of benzene rings is 2. The summed E-state index contributed by atoms with van der Waals surface area (Å²) in [4.78, 5) is 7.79. The highest BCUT2D eigenvalue weighted by molar-refractivity contribution is 7.71. The first-order valence-corrected chi connectivity index (χ1v) is 8.51. The van der Waals surface area contributed by atoms with Gasteiger partial charge in [0.2, 0.25) is 0 Å². The second-order valence-electron chi connectivity index (χ2n) is 5.89. The molecule has 0 radical (unpaired) electrons. The van der Waals surface area contributed by atoms with Crippen LogP contribution in [0.15, 0.2) is 72.8 Å². The van der Waals surface area contributed by atoms with Gasteiger partial charge in [0, 0.05) is 5.56 Å². The largest absolute Gasteiger partial charge is 0.385 e. The molecule has 2 N–H and O–H groups in total. The van der Waals surface area contributed by atoms with Crippen LogP contribution in [0.25, 0.3) is 22.3 Å². The molecule has 124 valence electrons. The Morgan fingerprint density at radius 3 is 2.56 bits per heavy atom. The first-order chi connectivity index (χ1) is 12.2. The molecule has 0 saturated carbocycles. The number of pyridine rings is 1. The number of aromatic nitrogens is 3. The Morgan fingerprint density at radius 2 is 1.72 bits per heavy atom. The number of imidazole rings is 1. The number of hydrogen-bond acceptors (Lipinski definition) is 3. The third-order valence-electron chi connectivity index (χ3n) is 4.22. The Labute approximate surface area is 150 Å².